The molecule has 2 aliphatic heterocycles. The molecule has 2 fully saturated rings. The minimum Gasteiger partial charge on any atom is -0.394 e. The Hall–Kier alpha value is -1.79. The number of carbonyl (C=O) groups excluding carboxylic acids is 1. The Morgan fingerprint density at radius 1 is 0.530 bits per heavy atom. The van der Waals surface area contributed by atoms with Crippen LogP contribution in [0.3, 0.4) is 0 Å². The van der Waals surface area contributed by atoms with Gasteiger partial charge in [0, 0.05) is 6.42 Å². The zero-order valence-corrected chi connectivity index (χ0v) is 40.9. The fourth-order valence-corrected chi connectivity index (χ4v) is 8.48. The Morgan fingerprint density at radius 2 is 0.970 bits per heavy atom. The number of aliphatic hydroxyl groups excluding tert-OH is 8. The summed E-state index contributed by atoms with van der Waals surface area (Å²) in [5.74, 6) is -0.290. The van der Waals surface area contributed by atoms with Crippen molar-refractivity contribution in [3.63, 3.8) is 0 Å². The van der Waals surface area contributed by atoms with Crippen LogP contribution in [0.1, 0.15) is 194 Å². The van der Waals surface area contributed by atoms with E-state index < -0.39 is 86.8 Å². The van der Waals surface area contributed by atoms with Gasteiger partial charge >= 0.3 is 0 Å². The maximum atomic E-state index is 12.7. The van der Waals surface area contributed by atoms with Crippen molar-refractivity contribution >= 4 is 5.91 Å². The first kappa shape index (κ1) is 60.3. The van der Waals surface area contributed by atoms with Gasteiger partial charge in [0.1, 0.15) is 48.8 Å². The third-order valence-corrected chi connectivity index (χ3v) is 12.8. The van der Waals surface area contributed by atoms with E-state index in [2.05, 4.69) is 36.5 Å². The predicted octanol–water partition coefficient (Wildman–Crippen LogP) is 7.10. The van der Waals surface area contributed by atoms with Gasteiger partial charge in [-0.05, 0) is 44.9 Å². The van der Waals surface area contributed by atoms with E-state index >= 15 is 0 Å². The molecule has 0 bridgehead atoms. The second-order valence-electron chi connectivity index (χ2n) is 18.6. The summed E-state index contributed by atoms with van der Waals surface area (Å²) in [4.78, 5) is 12.7. The lowest BCUT2D eigenvalue weighted by Crippen LogP contribution is -2.65. The third kappa shape index (κ3) is 25.7. The molecule has 0 saturated carbocycles. The summed E-state index contributed by atoms with van der Waals surface area (Å²) in [6.07, 6.45) is 29.4. The minimum atomic E-state index is -1.79. The van der Waals surface area contributed by atoms with Crippen LogP contribution in [0.15, 0.2) is 36.5 Å². The first-order chi connectivity index (χ1) is 32.1. The first-order valence-electron chi connectivity index (χ1n) is 26.2. The molecule has 0 aromatic carbocycles. The lowest BCUT2D eigenvalue weighted by Gasteiger charge is -2.46. The summed E-state index contributed by atoms with van der Waals surface area (Å²) in [6, 6.07) is -0.930. The number of carbonyl (C=O) groups is 1. The van der Waals surface area contributed by atoms with Crippen LogP contribution < -0.4 is 5.32 Å². The van der Waals surface area contributed by atoms with Crippen LogP contribution >= 0.6 is 0 Å². The number of ether oxygens (including phenoxy) is 4. The molecule has 66 heavy (non-hydrogen) atoms. The highest BCUT2D eigenvalue weighted by molar-refractivity contribution is 5.76. The SMILES string of the molecule is CCCCCCCCCCCCCCCCCCCCCC/C=C/CC/C=C/CC/C=C/C(O)C(COC1OC(CO)C(OC2OC(CO)C(O)C(O)C2O)C(O)C1O)NC(=O)CCCC. The third-order valence-electron chi connectivity index (χ3n) is 12.8. The highest BCUT2D eigenvalue weighted by Crippen LogP contribution is 2.30. The summed E-state index contributed by atoms with van der Waals surface area (Å²) in [5.41, 5.74) is 0. The second-order valence-corrected chi connectivity index (χ2v) is 18.6. The van der Waals surface area contributed by atoms with E-state index in [1.165, 1.54) is 128 Å². The van der Waals surface area contributed by atoms with Gasteiger partial charge in [0.15, 0.2) is 12.6 Å². The quantitative estimate of drug-likeness (QED) is 0.0221. The van der Waals surface area contributed by atoms with Gasteiger partial charge in [0.25, 0.3) is 0 Å². The maximum Gasteiger partial charge on any atom is 0.220 e. The van der Waals surface area contributed by atoms with E-state index in [0.29, 0.717) is 12.8 Å². The molecule has 386 valence electrons. The molecule has 14 heteroatoms. The number of allylic oxidation sites excluding steroid dienone is 5. The Morgan fingerprint density at radius 3 is 1.47 bits per heavy atom. The van der Waals surface area contributed by atoms with Crippen molar-refractivity contribution < 1.29 is 64.6 Å². The molecule has 12 unspecified atom stereocenters. The van der Waals surface area contributed by atoms with Crippen molar-refractivity contribution in [2.24, 2.45) is 0 Å². The lowest BCUT2D eigenvalue weighted by molar-refractivity contribution is -0.359. The van der Waals surface area contributed by atoms with Crippen LogP contribution in [0.25, 0.3) is 0 Å². The van der Waals surface area contributed by atoms with Gasteiger partial charge in [-0.15, -0.1) is 0 Å². The summed E-state index contributed by atoms with van der Waals surface area (Å²) in [7, 11) is 0. The van der Waals surface area contributed by atoms with Crippen LogP contribution in [0.4, 0.5) is 0 Å². The zero-order valence-electron chi connectivity index (χ0n) is 40.9. The fourth-order valence-electron chi connectivity index (χ4n) is 8.48. The number of amides is 1. The molecule has 1 amide bonds. The molecule has 2 heterocycles. The van der Waals surface area contributed by atoms with Crippen molar-refractivity contribution in [2.45, 2.75) is 267 Å². The highest BCUT2D eigenvalue weighted by atomic mass is 16.7. The molecule has 0 aromatic rings. The lowest BCUT2D eigenvalue weighted by atomic mass is 9.97. The molecule has 2 aliphatic rings. The van der Waals surface area contributed by atoms with Crippen molar-refractivity contribution in [3.05, 3.63) is 36.5 Å². The number of aliphatic hydroxyl groups is 8. The fraction of sp³-hybridized carbons (Fsp3) is 0.865. The van der Waals surface area contributed by atoms with Crippen molar-refractivity contribution in [1.29, 1.82) is 0 Å². The van der Waals surface area contributed by atoms with Crippen LogP contribution in [-0.2, 0) is 23.7 Å². The zero-order chi connectivity index (χ0) is 48.2. The molecule has 2 rings (SSSR count). The molecule has 0 radical (unpaired) electrons. The van der Waals surface area contributed by atoms with Gasteiger partial charge in [-0.1, -0.05) is 179 Å². The van der Waals surface area contributed by atoms with Crippen LogP contribution in [0.5, 0.6) is 0 Å². The number of nitrogens with one attached hydrogen (secondary N) is 1. The summed E-state index contributed by atoms with van der Waals surface area (Å²) in [6.45, 7) is 2.49. The minimum absolute atomic E-state index is 0.244. The van der Waals surface area contributed by atoms with E-state index in [1.807, 2.05) is 13.0 Å². The predicted molar refractivity (Wildman–Crippen MR) is 258 cm³/mol. The van der Waals surface area contributed by atoms with Crippen LogP contribution in [0.2, 0.25) is 0 Å². The van der Waals surface area contributed by atoms with E-state index in [1.54, 1.807) is 6.08 Å². The average molecular weight is 942 g/mol. The Labute approximate surface area is 398 Å². The molecule has 14 nitrogen and oxygen atoms in total. The van der Waals surface area contributed by atoms with Gasteiger partial charge in [-0.25, -0.2) is 0 Å². The molecule has 2 saturated heterocycles. The first-order valence-corrected chi connectivity index (χ1v) is 26.2. The Bertz CT molecular complexity index is 1250. The maximum absolute atomic E-state index is 12.7. The monoisotopic (exact) mass is 942 g/mol. The smallest absolute Gasteiger partial charge is 0.220 e. The largest absolute Gasteiger partial charge is 0.394 e. The molecular weight excluding hydrogens is 847 g/mol. The van der Waals surface area contributed by atoms with Gasteiger partial charge in [0.2, 0.25) is 5.91 Å². The number of unbranched alkanes of at least 4 members (excludes halogenated alkanes) is 23. The van der Waals surface area contributed by atoms with E-state index in [-0.39, 0.29) is 18.9 Å². The molecule has 0 aliphatic carbocycles. The van der Waals surface area contributed by atoms with E-state index in [9.17, 15) is 45.6 Å². The van der Waals surface area contributed by atoms with Crippen molar-refractivity contribution in [2.75, 3.05) is 19.8 Å². The summed E-state index contributed by atoms with van der Waals surface area (Å²) >= 11 is 0. The van der Waals surface area contributed by atoms with E-state index in [4.69, 9.17) is 18.9 Å². The van der Waals surface area contributed by atoms with E-state index in [0.717, 1.165) is 32.1 Å². The highest BCUT2D eigenvalue weighted by Gasteiger charge is 2.51. The van der Waals surface area contributed by atoms with Crippen LogP contribution in [-0.4, -0.2) is 140 Å². The van der Waals surface area contributed by atoms with Gasteiger partial charge in [-0.2, -0.15) is 0 Å². The normalized spacial score (nSPS) is 27.1. The van der Waals surface area contributed by atoms with Crippen molar-refractivity contribution in [1.82, 2.24) is 5.32 Å². The molecule has 12 atom stereocenters. The molecular formula is C52H95NO13. The summed E-state index contributed by atoms with van der Waals surface area (Å²) in [5, 5.41) is 85.9. The number of hydrogen-bond acceptors (Lipinski definition) is 13. The topological polar surface area (TPSA) is 228 Å². The Kier molecular flexibility index (Phi) is 35.6. The summed E-state index contributed by atoms with van der Waals surface area (Å²) < 4.78 is 22.4. The molecule has 0 spiro atoms. The van der Waals surface area contributed by atoms with Crippen LogP contribution in [0, 0.1) is 0 Å². The van der Waals surface area contributed by atoms with Gasteiger partial charge in [0.05, 0.1) is 32.0 Å². The molecule has 9 N–H and O–H groups in total. The van der Waals surface area contributed by atoms with Crippen molar-refractivity contribution in [3.8, 4) is 0 Å². The standard InChI is InChI=1S/C52H95NO13/c1-3-5-7-8-9-10-11-12-13-14-15-16-17-18-19-20-21-22-23-24-25-26-27-28-29-30-31-32-33-34-35-41(56)40(53-44(57)36-6-4-2)39-63-51-49(62)47(60)50(43(38-55)65-51)66-52-48(61)46(59)45(58)42(37-54)64-52/h26-27,30-31,34-35,40-43,45-52,54-56,58-62H,3-25,28-29,32-33,36-39H2,1-2H3,(H,53,57)/b27-26+,31-30+,35-34+. The van der Waals surface area contributed by atoms with Gasteiger partial charge < -0.3 is 65.1 Å². The molecule has 0 aromatic heterocycles. The average Bonchev–Trinajstić information content (AvgIpc) is 3.32. The number of hydrogen-bond donors (Lipinski definition) is 9. The van der Waals surface area contributed by atoms with Gasteiger partial charge in [-0.3, -0.25) is 4.79 Å². The second kappa shape index (κ2) is 39.0. The number of rotatable bonds is 40. The Balaban J connectivity index is 1.60.